The third-order valence-electron chi connectivity index (χ3n) is 5.18. The molecule has 1 aliphatic rings. The number of nitrogens with zero attached hydrogens (tertiary/aromatic N) is 5. The first-order valence-electron chi connectivity index (χ1n) is 9.73. The summed E-state index contributed by atoms with van der Waals surface area (Å²) in [4.78, 5) is 30.4. The smallest absolute Gasteiger partial charge is 0.265 e. The van der Waals surface area contributed by atoms with Gasteiger partial charge in [0.2, 0.25) is 5.91 Å². The SMILES string of the molecule is N#Cc1ccccc1NC(=O)CC1CSc2nc3c(cnn3-c3ccc(F)cc3)c(=O)n21. The minimum atomic E-state index is -0.372. The van der Waals surface area contributed by atoms with Crippen LogP contribution in [0.25, 0.3) is 16.7 Å². The van der Waals surface area contributed by atoms with Crippen molar-refractivity contribution in [3.05, 3.63) is 76.5 Å². The van der Waals surface area contributed by atoms with E-state index in [1.54, 1.807) is 36.4 Å². The van der Waals surface area contributed by atoms with E-state index in [1.165, 1.54) is 39.3 Å². The third kappa shape index (κ3) is 3.42. The fourth-order valence-corrected chi connectivity index (χ4v) is 4.79. The number of para-hydroxylation sites is 1. The topological polar surface area (TPSA) is 106 Å². The third-order valence-corrected chi connectivity index (χ3v) is 6.28. The number of carbonyl (C=O) groups is 1. The molecule has 3 heterocycles. The van der Waals surface area contributed by atoms with E-state index in [0.717, 1.165) is 0 Å². The molecule has 4 aromatic rings. The molecule has 8 nitrogen and oxygen atoms in total. The molecule has 1 N–H and O–H groups in total. The molecular formula is C22H15FN6O2S. The van der Waals surface area contributed by atoms with Crippen LogP contribution in [0.3, 0.4) is 0 Å². The summed E-state index contributed by atoms with van der Waals surface area (Å²) in [6.07, 6.45) is 1.50. The minimum absolute atomic E-state index is 0.0684. The van der Waals surface area contributed by atoms with Crippen LogP contribution in [0.2, 0.25) is 0 Å². The van der Waals surface area contributed by atoms with E-state index in [1.807, 2.05) is 6.07 Å². The summed E-state index contributed by atoms with van der Waals surface area (Å²) in [6, 6.07) is 14.2. The van der Waals surface area contributed by atoms with Crippen molar-refractivity contribution in [2.75, 3.05) is 11.1 Å². The van der Waals surface area contributed by atoms with Gasteiger partial charge in [-0.1, -0.05) is 23.9 Å². The van der Waals surface area contributed by atoms with Crippen molar-refractivity contribution in [3.8, 4) is 11.8 Å². The van der Waals surface area contributed by atoms with Gasteiger partial charge in [-0.25, -0.2) is 14.1 Å². The summed E-state index contributed by atoms with van der Waals surface area (Å²) in [5, 5.41) is 17.0. The van der Waals surface area contributed by atoms with E-state index in [4.69, 9.17) is 0 Å². The van der Waals surface area contributed by atoms with Gasteiger partial charge in [0.15, 0.2) is 10.8 Å². The number of aromatic nitrogens is 4. The summed E-state index contributed by atoms with van der Waals surface area (Å²) in [6.45, 7) is 0. The maximum absolute atomic E-state index is 13.3. The molecule has 0 saturated heterocycles. The van der Waals surface area contributed by atoms with Crippen molar-refractivity contribution < 1.29 is 9.18 Å². The molecule has 1 unspecified atom stereocenters. The molecule has 158 valence electrons. The zero-order valence-electron chi connectivity index (χ0n) is 16.5. The zero-order valence-corrected chi connectivity index (χ0v) is 17.3. The normalized spacial score (nSPS) is 14.8. The number of hydrogen-bond donors (Lipinski definition) is 1. The second-order valence-electron chi connectivity index (χ2n) is 7.21. The van der Waals surface area contributed by atoms with Gasteiger partial charge in [0.1, 0.15) is 17.3 Å². The Kier molecular flexibility index (Phi) is 4.95. The molecule has 0 aliphatic carbocycles. The molecule has 0 fully saturated rings. The first kappa shape index (κ1) is 20.0. The molecular weight excluding hydrogens is 431 g/mol. The Morgan fingerprint density at radius 3 is 2.81 bits per heavy atom. The molecule has 0 radical (unpaired) electrons. The monoisotopic (exact) mass is 446 g/mol. The molecule has 10 heteroatoms. The maximum Gasteiger partial charge on any atom is 0.265 e. The summed E-state index contributed by atoms with van der Waals surface area (Å²) < 4.78 is 16.3. The fourth-order valence-electron chi connectivity index (χ4n) is 3.66. The lowest BCUT2D eigenvalue weighted by Gasteiger charge is -2.14. The lowest BCUT2D eigenvalue weighted by atomic mass is 10.1. The number of thioether (sulfide) groups is 1. The van der Waals surface area contributed by atoms with E-state index < -0.39 is 0 Å². The van der Waals surface area contributed by atoms with Gasteiger partial charge >= 0.3 is 0 Å². The summed E-state index contributed by atoms with van der Waals surface area (Å²) >= 11 is 1.39. The van der Waals surface area contributed by atoms with Crippen LogP contribution in [0.5, 0.6) is 0 Å². The van der Waals surface area contributed by atoms with Gasteiger partial charge in [0.05, 0.1) is 29.2 Å². The average molecular weight is 446 g/mol. The number of nitrogens with one attached hydrogen (secondary N) is 1. The van der Waals surface area contributed by atoms with Crippen LogP contribution in [0.1, 0.15) is 18.0 Å². The van der Waals surface area contributed by atoms with Crippen molar-refractivity contribution >= 4 is 34.4 Å². The highest BCUT2D eigenvalue weighted by Crippen LogP contribution is 2.33. The van der Waals surface area contributed by atoms with Gasteiger partial charge in [-0.3, -0.25) is 14.2 Å². The van der Waals surface area contributed by atoms with Gasteiger partial charge < -0.3 is 5.32 Å². The molecule has 2 aromatic heterocycles. The Balaban J connectivity index is 1.45. The Morgan fingerprint density at radius 1 is 1.25 bits per heavy atom. The number of amides is 1. The van der Waals surface area contributed by atoms with E-state index in [-0.39, 0.29) is 29.7 Å². The Bertz CT molecular complexity index is 1450. The van der Waals surface area contributed by atoms with Crippen molar-refractivity contribution in [3.63, 3.8) is 0 Å². The van der Waals surface area contributed by atoms with E-state index in [0.29, 0.717) is 38.9 Å². The van der Waals surface area contributed by atoms with Crippen molar-refractivity contribution in [1.29, 1.82) is 5.26 Å². The molecule has 1 atom stereocenters. The highest BCUT2D eigenvalue weighted by molar-refractivity contribution is 7.99. The van der Waals surface area contributed by atoms with E-state index >= 15 is 0 Å². The predicted octanol–water partition coefficient (Wildman–Crippen LogP) is 3.27. The largest absolute Gasteiger partial charge is 0.325 e. The Hall–Kier alpha value is -3.97. The molecule has 32 heavy (non-hydrogen) atoms. The highest BCUT2D eigenvalue weighted by Gasteiger charge is 2.29. The summed E-state index contributed by atoms with van der Waals surface area (Å²) in [5.74, 6) is -0.139. The van der Waals surface area contributed by atoms with Crippen LogP contribution in [0.15, 0.2) is 64.7 Å². The lowest BCUT2D eigenvalue weighted by molar-refractivity contribution is -0.116. The number of anilines is 1. The highest BCUT2D eigenvalue weighted by atomic mass is 32.2. The number of nitriles is 1. The second-order valence-corrected chi connectivity index (χ2v) is 8.20. The van der Waals surface area contributed by atoms with Gasteiger partial charge in [-0.05, 0) is 36.4 Å². The molecule has 1 amide bonds. The Labute approximate surface area is 185 Å². The molecule has 2 aromatic carbocycles. The molecule has 1 aliphatic heterocycles. The number of fused-ring (bicyclic) bond motifs is 2. The number of halogens is 1. The first-order chi connectivity index (χ1) is 15.5. The predicted molar refractivity (Wildman–Crippen MR) is 117 cm³/mol. The van der Waals surface area contributed by atoms with Gasteiger partial charge in [0.25, 0.3) is 5.56 Å². The number of hydrogen-bond acceptors (Lipinski definition) is 6. The van der Waals surface area contributed by atoms with E-state index in [9.17, 15) is 19.2 Å². The van der Waals surface area contributed by atoms with Gasteiger partial charge in [-0.15, -0.1) is 0 Å². The maximum atomic E-state index is 13.3. The minimum Gasteiger partial charge on any atom is -0.325 e. The molecule has 0 bridgehead atoms. The van der Waals surface area contributed by atoms with Crippen LogP contribution < -0.4 is 10.9 Å². The number of carbonyl (C=O) groups excluding carboxylic acids is 1. The van der Waals surface area contributed by atoms with Gasteiger partial charge in [0, 0.05) is 12.2 Å². The fraction of sp³-hybridized carbons (Fsp3) is 0.136. The van der Waals surface area contributed by atoms with Gasteiger partial charge in [-0.2, -0.15) is 10.4 Å². The molecule has 0 spiro atoms. The first-order valence-corrected chi connectivity index (χ1v) is 10.7. The van der Waals surface area contributed by atoms with Crippen molar-refractivity contribution in [2.24, 2.45) is 0 Å². The zero-order chi connectivity index (χ0) is 22.2. The van der Waals surface area contributed by atoms with Crippen molar-refractivity contribution in [1.82, 2.24) is 19.3 Å². The quantitative estimate of drug-likeness (QED) is 0.483. The Morgan fingerprint density at radius 2 is 2.03 bits per heavy atom. The van der Waals surface area contributed by atoms with E-state index in [2.05, 4.69) is 15.4 Å². The van der Waals surface area contributed by atoms with Crippen LogP contribution in [-0.4, -0.2) is 31.0 Å². The van der Waals surface area contributed by atoms with Crippen LogP contribution in [0, 0.1) is 17.1 Å². The van der Waals surface area contributed by atoms with Crippen LogP contribution in [-0.2, 0) is 4.79 Å². The van der Waals surface area contributed by atoms with Crippen molar-refractivity contribution in [2.45, 2.75) is 17.6 Å². The van der Waals surface area contributed by atoms with Crippen LogP contribution >= 0.6 is 11.8 Å². The lowest BCUT2D eigenvalue weighted by Crippen LogP contribution is -2.27. The summed E-state index contributed by atoms with van der Waals surface area (Å²) in [5.41, 5.74) is 1.50. The average Bonchev–Trinajstić information content (AvgIpc) is 3.40. The standard InChI is InChI=1S/C22H15FN6O2S/c23-14-5-7-15(8-6-14)29-20-17(11-25-29)21(31)28-16(12-32-22(28)27-20)9-19(30)26-18-4-2-1-3-13(18)10-24/h1-8,11,16H,9,12H2,(H,26,30). The molecule has 5 rings (SSSR count). The number of rotatable bonds is 4. The van der Waals surface area contributed by atoms with Crippen LogP contribution in [0.4, 0.5) is 10.1 Å². The number of benzene rings is 2. The second kappa shape index (κ2) is 7.94. The molecule has 0 saturated carbocycles. The summed E-state index contributed by atoms with van der Waals surface area (Å²) in [7, 11) is 0.